The van der Waals surface area contributed by atoms with Crippen molar-refractivity contribution >= 4 is 28.6 Å². The summed E-state index contributed by atoms with van der Waals surface area (Å²) in [4.78, 5) is 25.0. The molecule has 1 aliphatic rings. The van der Waals surface area contributed by atoms with Crippen molar-refractivity contribution in [1.29, 1.82) is 0 Å². The molecule has 1 aliphatic heterocycles. The van der Waals surface area contributed by atoms with Crippen LogP contribution in [-0.4, -0.2) is 21.9 Å². The van der Waals surface area contributed by atoms with Crippen molar-refractivity contribution in [2.45, 2.75) is 12.0 Å². The summed E-state index contributed by atoms with van der Waals surface area (Å²) in [7, 11) is 0. The fourth-order valence-corrected chi connectivity index (χ4v) is 5.12. The number of hydrogen-bond donors (Lipinski definition) is 1. The van der Waals surface area contributed by atoms with Gasteiger partial charge in [-0.3, -0.25) is 9.59 Å². The molecule has 4 aromatic carbocycles. The van der Waals surface area contributed by atoms with Gasteiger partial charge in [0.25, 0.3) is 5.91 Å². The number of nitrogens with two attached hydrogens (primary N) is 1. The summed E-state index contributed by atoms with van der Waals surface area (Å²) >= 11 is 1.30. The Morgan fingerprint density at radius 2 is 1.61 bits per heavy atom. The SMILES string of the molecule is NC(=O)c1cccc(COc2ccccc2C2SC(c3ccc(F)cc3)=NN2C(=O)c2cccc(F)c2)c1. The summed E-state index contributed by atoms with van der Waals surface area (Å²) in [5.74, 6) is -1.46. The third-order valence-corrected chi connectivity index (χ3v) is 7.02. The maximum absolute atomic E-state index is 13.9. The molecule has 0 fully saturated rings. The van der Waals surface area contributed by atoms with Crippen LogP contribution in [0.2, 0.25) is 0 Å². The smallest absolute Gasteiger partial charge is 0.275 e. The topological polar surface area (TPSA) is 85.0 Å². The third-order valence-electron chi connectivity index (χ3n) is 5.81. The number of hydrogen-bond acceptors (Lipinski definition) is 5. The Labute approximate surface area is 221 Å². The number of carbonyl (C=O) groups excluding carboxylic acids is 2. The van der Waals surface area contributed by atoms with E-state index in [2.05, 4.69) is 5.10 Å². The maximum Gasteiger partial charge on any atom is 0.275 e. The quantitative estimate of drug-likeness (QED) is 0.323. The number of primary amides is 1. The molecule has 38 heavy (non-hydrogen) atoms. The second kappa shape index (κ2) is 10.9. The first-order chi connectivity index (χ1) is 18.4. The van der Waals surface area contributed by atoms with Crippen molar-refractivity contribution in [3.63, 3.8) is 0 Å². The van der Waals surface area contributed by atoms with Crippen molar-refractivity contribution < 1.29 is 23.1 Å². The fourth-order valence-electron chi connectivity index (χ4n) is 3.94. The molecule has 0 spiro atoms. The number of thioether (sulfide) groups is 1. The first-order valence-electron chi connectivity index (χ1n) is 11.6. The van der Waals surface area contributed by atoms with E-state index in [1.54, 1.807) is 42.5 Å². The zero-order valence-electron chi connectivity index (χ0n) is 19.9. The summed E-state index contributed by atoms with van der Waals surface area (Å²) in [5, 5.41) is 5.70. The average molecular weight is 530 g/mol. The van der Waals surface area contributed by atoms with E-state index in [1.807, 2.05) is 18.2 Å². The summed E-state index contributed by atoms with van der Waals surface area (Å²) in [5.41, 5.74) is 7.94. The normalized spacial score (nSPS) is 14.7. The molecule has 0 radical (unpaired) electrons. The second-order valence-electron chi connectivity index (χ2n) is 8.43. The fraction of sp³-hybridized carbons (Fsp3) is 0.0690. The minimum atomic E-state index is -0.640. The highest BCUT2D eigenvalue weighted by Gasteiger charge is 2.36. The van der Waals surface area contributed by atoms with Crippen LogP contribution >= 0.6 is 11.8 Å². The van der Waals surface area contributed by atoms with Crippen LogP contribution in [0.3, 0.4) is 0 Å². The van der Waals surface area contributed by atoms with Crippen LogP contribution in [0.25, 0.3) is 0 Å². The number of benzene rings is 4. The lowest BCUT2D eigenvalue weighted by atomic mass is 10.1. The molecule has 1 heterocycles. The van der Waals surface area contributed by atoms with E-state index < -0.39 is 23.0 Å². The van der Waals surface area contributed by atoms with Crippen LogP contribution in [-0.2, 0) is 6.61 Å². The van der Waals surface area contributed by atoms with E-state index in [0.29, 0.717) is 27.5 Å². The second-order valence-corrected chi connectivity index (χ2v) is 9.50. The molecule has 1 atom stereocenters. The van der Waals surface area contributed by atoms with Crippen molar-refractivity contribution in [2.24, 2.45) is 10.8 Å². The molecular formula is C29H21F2N3O3S. The average Bonchev–Trinajstić information content (AvgIpc) is 3.37. The molecule has 1 unspecified atom stereocenters. The molecule has 2 N–H and O–H groups in total. The van der Waals surface area contributed by atoms with E-state index in [0.717, 1.165) is 11.6 Å². The molecule has 5 rings (SSSR count). The molecule has 4 aromatic rings. The minimum absolute atomic E-state index is 0.140. The Balaban J connectivity index is 1.48. The van der Waals surface area contributed by atoms with Crippen LogP contribution in [0.1, 0.15) is 42.8 Å². The Kier molecular flexibility index (Phi) is 7.19. The van der Waals surface area contributed by atoms with Gasteiger partial charge >= 0.3 is 0 Å². The number of halogens is 2. The molecule has 0 bridgehead atoms. The zero-order valence-corrected chi connectivity index (χ0v) is 20.7. The summed E-state index contributed by atoms with van der Waals surface area (Å²) in [6.45, 7) is 0.152. The molecule has 190 valence electrons. The Hall–Kier alpha value is -4.50. The Morgan fingerprint density at radius 1 is 0.868 bits per heavy atom. The highest BCUT2D eigenvalue weighted by Crippen LogP contribution is 2.45. The van der Waals surface area contributed by atoms with Crippen molar-refractivity contribution in [3.05, 3.63) is 137 Å². The van der Waals surface area contributed by atoms with Crippen LogP contribution in [0, 0.1) is 11.6 Å². The lowest BCUT2D eigenvalue weighted by molar-refractivity contribution is 0.0746. The summed E-state index contributed by atoms with van der Waals surface area (Å²) in [6, 6.07) is 25.2. The van der Waals surface area contributed by atoms with E-state index >= 15 is 0 Å². The largest absolute Gasteiger partial charge is 0.489 e. The molecule has 0 saturated carbocycles. The number of amides is 2. The van der Waals surface area contributed by atoms with Gasteiger partial charge in [-0.15, -0.1) is 0 Å². The van der Waals surface area contributed by atoms with E-state index in [1.165, 1.54) is 47.1 Å². The number of ether oxygens (including phenoxy) is 1. The molecule has 0 aromatic heterocycles. The highest BCUT2D eigenvalue weighted by molar-refractivity contribution is 8.14. The van der Waals surface area contributed by atoms with Gasteiger partial charge in [0, 0.05) is 22.3 Å². The Bertz CT molecular complexity index is 1540. The van der Waals surface area contributed by atoms with Gasteiger partial charge in [-0.25, -0.2) is 13.8 Å². The Morgan fingerprint density at radius 3 is 2.37 bits per heavy atom. The standard InChI is InChI=1S/C29H21F2N3O3S/c30-22-13-11-19(12-14-22)27-33-34(28(36)21-7-4-8-23(31)16-21)29(38-27)24-9-1-2-10-25(24)37-17-18-5-3-6-20(15-18)26(32)35/h1-16,29H,17H2,(H2,32,35). The van der Waals surface area contributed by atoms with Crippen LogP contribution < -0.4 is 10.5 Å². The number of rotatable bonds is 7. The van der Waals surface area contributed by atoms with Crippen molar-refractivity contribution in [3.8, 4) is 5.75 Å². The van der Waals surface area contributed by atoms with Crippen LogP contribution in [0.4, 0.5) is 8.78 Å². The van der Waals surface area contributed by atoms with Crippen molar-refractivity contribution in [2.75, 3.05) is 0 Å². The van der Waals surface area contributed by atoms with Gasteiger partial charge in [-0.1, -0.05) is 48.2 Å². The van der Waals surface area contributed by atoms with Gasteiger partial charge in [0.05, 0.1) is 0 Å². The number of hydrazone groups is 1. The molecule has 9 heteroatoms. The number of nitrogens with zero attached hydrogens (tertiary/aromatic N) is 2. The molecule has 0 aliphatic carbocycles. The van der Waals surface area contributed by atoms with Gasteiger partial charge in [0.1, 0.15) is 34.4 Å². The molecule has 6 nitrogen and oxygen atoms in total. The highest BCUT2D eigenvalue weighted by atomic mass is 32.2. The first kappa shape index (κ1) is 25.2. The van der Waals surface area contributed by atoms with Gasteiger partial charge < -0.3 is 10.5 Å². The third kappa shape index (κ3) is 5.42. The van der Waals surface area contributed by atoms with Gasteiger partial charge in [0.15, 0.2) is 0 Å². The predicted octanol–water partition coefficient (Wildman–Crippen LogP) is 5.89. The molecule has 2 amide bonds. The van der Waals surface area contributed by atoms with Crippen LogP contribution in [0.5, 0.6) is 5.75 Å². The number of carbonyl (C=O) groups is 2. The van der Waals surface area contributed by atoms with E-state index in [9.17, 15) is 18.4 Å². The van der Waals surface area contributed by atoms with E-state index in [4.69, 9.17) is 10.5 Å². The van der Waals surface area contributed by atoms with Crippen molar-refractivity contribution in [1.82, 2.24) is 5.01 Å². The monoisotopic (exact) mass is 529 g/mol. The summed E-state index contributed by atoms with van der Waals surface area (Å²) < 4.78 is 33.6. The predicted molar refractivity (Wildman–Crippen MR) is 142 cm³/mol. The summed E-state index contributed by atoms with van der Waals surface area (Å²) in [6.07, 6.45) is 0. The first-order valence-corrected chi connectivity index (χ1v) is 12.5. The van der Waals surface area contributed by atoms with E-state index in [-0.39, 0.29) is 18.0 Å². The van der Waals surface area contributed by atoms with Crippen LogP contribution in [0.15, 0.2) is 102 Å². The minimum Gasteiger partial charge on any atom is -0.489 e. The van der Waals surface area contributed by atoms with Gasteiger partial charge in [-0.2, -0.15) is 5.10 Å². The number of para-hydroxylation sites is 1. The lowest BCUT2D eigenvalue weighted by Gasteiger charge is -2.23. The zero-order chi connectivity index (χ0) is 26.6. The molecular weight excluding hydrogens is 508 g/mol. The molecule has 0 saturated heterocycles. The van der Waals surface area contributed by atoms with Gasteiger partial charge in [-0.05, 0) is 66.2 Å². The lowest BCUT2D eigenvalue weighted by Crippen LogP contribution is -2.26. The maximum atomic E-state index is 13.9. The van der Waals surface area contributed by atoms with Gasteiger partial charge in [0.2, 0.25) is 5.91 Å².